The molecule has 5 heteroatoms. The minimum Gasteiger partial charge on any atom is -0.438 e. The number of methoxy groups -OCH3 is 1. The highest BCUT2D eigenvalue weighted by atomic mass is 16.7. The van der Waals surface area contributed by atoms with Crippen molar-refractivity contribution in [2.75, 3.05) is 27.3 Å². The van der Waals surface area contributed by atoms with Gasteiger partial charge >= 0.3 is 6.16 Å². The lowest BCUT2D eigenvalue weighted by atomic mass is 10.6. The van der Waals surface area contributed by atoms with Gasteiger partial charge < -0.3 is 14.4 Å². The Morgan fingerprint density at radius 1 is 1.64 bits per heavy atom. The van der Waals surface area contributed by atoms with Gasteiger partial charge in [-0.05, 0) is 0 Å². The maximum absolute atomic E-state index is 10.3. The zero-order chi connectivity index (χ0) is 8.69. The van der Waals surface area contributed by atoms with E-state index >= 15 is 0 Å². The quantitative estimate of drug-likeness (QED) is 0.425. The van der Waals surface area contributed by atoms with Crippen molar-refractivity contribution in [3.05, 3.63) is 0 Å². The van der Waals surface area contributed by atoms with E-state index in [1.807, 2.05) is 0 Å². The maximum atomic E-state index is 10.3. The molecule has 0 aliphatic rings. The third-order valence-corrected chi connectivity index (χ3v) is 1.01. The van der Waals surface area contributed by atoms with Crippen LogP contribution < -0.4 is 0 Å². The second-order valence-corrected chi connectivity index (χ2v) is 1.89. The number of amides is 1. The molecule has 0 atom stereocenters. The molecule has 0 aliphatic carbocycles. The number of carbonyl (C=O) groups is 2. The molecule has 0 aliphatic heterocycles. The first-order chi connectivity index (χ1) is 5.20. The van der Waals surface area contributed by atoms with Gasteiger partial charge in [0.2, 0.25) is 6.41 Å². The summed E-state index contributed by atoms with van der Waals surface area (Å²) in [5.41, 5.74) is 0. The van der Waals surface area contributed by atoms with Gasteiger partial charge in [-0.25, -0.2) is 4.79 Å². The Morgan fingerprint density at radius 2 is 2.27 bits per heavy atom. The molecule has 1 amide bonds. The van der Waals surface area contributed by atoms with E-state index < -0.39 is 6.16 Å². The van der Waals surface area contributed by atoms with Crippen molar-refractivity contribution in [1.82, 2.24) is 4.90 Å². The predicted molar refractivity (Wildman–Crippen MR) is 37.1 cm³/mol. The monoisotopic (exact) mass is 161 g/mol. The number of hydrogen-bond acceptors (Lipinski definition) is 4. The molecule has 0 fully saturated rings. The molecule has 0 aromatic rings. The molecule has 64 valence electrons. The first-order valence-electron chi connectivity index (χ1n) is 3.07. The average molecular weight is 161 g/mol. The van der Waals surface area contributed by atoms with E-state index in [0.717, 1.165) is 0 Å². The number of nitrogens with zero attached hydrogens (tertiary/aromatic N) is 1. The summed E-state index contributed by atoms with van der Waals surface area (Å²) in [6.45, 7) is 0.528. The lowest BCUT2D eigenvalue weighted by Crippen LogP contribution is -2.22. The van der Waals surface area contributed by atoms with Crippen molar-refractivity contribution in [3.63, 3.8) is 0 Å². The van der Waals surface area contributed by atoms with Gasteiger partial charge in [0, 0.05) is 7.05 Å². The van der Waals surface area contributed by atoms with E-state index in [1.54, 1.807) is 7.05 Å². The van der Waals surface area contributed by atoms with Crippen LogP contribution in [0.5, 0.6) is 0 Å². The van der Waals surface area contributed by atoms with E-state index in [0.29, 0.717) is 13.0 Å². The lowest BCUT2D eigenvalue weighted by Gasteiger charge is -2.09. The molecule has 5 nitrogen and oxygen atoms in total. The molecule has 0 N–H and O–H groups in total. The van der Waals surface area contributed by atoms with Crippen LogP contribution in [-0.2, 0) is 14.3 Å². The van der Waals surface area contributed by atoms with Crippen LogP contribution in [0.25, 0.3) is 0 Å². The summed E-state index contributed by atoms with van der Waals surface area (Å²) >= 11 is 0. The Hall–Kier alpha value is -1.26. The molecule has 0 radical (unpaired) electrons. The van der Waals surface area contributed by atoms with E-state index in [1.165, 1.54) is 12.0 Å². The average Bonchev–Trinajstić information content (AvgIpc) is 2.04. The second-order valence-electron chi connectivity index (χ2n) is 1.89. The molecule has 0 unspecified atom stereocenters. The molecular formula is C6H11NO4. The summed E-state index contributed by atoms with van der Waals surface area (Å²) in [5.74, 6) is 0. The highest BCUT2D eigenvalue weighted by molar-refractivity contribution is 5.59. The first kappa shape index (κ1) is 9.74. The smallest absolute Gasteiger partial charge is 0.438 e. The molecule has 0 aromatic carbocycles. The summed E-state index contributed by atoms with van der Waals surface area (Å²) in [6.07, 6.45) is -0.0787. The van der Waals surface area contributed by atoms with E-state index in [-0.39, 0.29) is 6.61 Å². The fraction of sp³-hybridized carbons (Fsp3) is 0.667. The second kappa shape index (κ2) is 5.52. The molecule has 0 saturated carbocycles. The van der Waals surface area contributed by atoms with Crippen LogP contribution in [-0.4, -0.2) is 44.8 Å². The molecular weight excluding hydrogens is 150 g/mol. The third kappa shape index (κ3) is 5.20. The lowest BCUT2D eigenvalue weighted by molar-refractivity contribution is -0.117. The summed E-state index contributed by atoms with van der Waals surface area (Å²) < 4.78 is 8.70. The van der Waals surface area contributed by atoms with Crippen molar-refractivity contribution in [2.24, 2.45) is 0 Å². The van der Waals surface area contributed by atoms with E-state index in [4.69, 9.17) is 0 Å². The molecule has 0 bridgehead atoms. The fourth-order valence-corrected chi connectivity index (χ4v) is 0.385. The van der Waals surface area contributed by atoms with Crippen LogP contribution >= 0.6 is 0 Å². The van der Waals surface area contributed by atoms with Crippen LogP contribution in [0.3, 0.4) is 0 Å². The normalized spacial score (nSPS) is 8.55. The molecule has 0 aromatic heterocycles. The Morgan fingerprint density at radius 3 is 2.73 bits per heavy atom. The topological polar surface area (TPSA) is 55.8 Å². The number of rotatable bonds is 4. The summed E-state index contributed by atoms with van der Waals surface area (Å²) in [6, 6.07) is 0. The van der Waals surface area contributed by atoms with Gasteiger partial charge in [-0.1, -0.05) is 0 Å². The molecule has 0 heterocycles. The maximum Gasteiger partial charge on any atom is 0.508 e. The highest BCUT2D eigenvalue weighted by Crippen LogP contribution is 1.82. The minimum atomic E-state index is -0.732. The number of likely N-dealkylation sites (N-methyl/N-ethyl adjacent to an activating group) is 1. The summed E-state index contributed by atoms with van der Waals surface area (Å²) in [7, 11) is 2.82. The number of ether oxygens (including phenoxy) is 2. The largest absolute Gasteiger partial charge is 0.508 e. The first-order valence-corrected chi connectivity index (χ1v) is 3.07. The van der Waals surface area contributed by atoms with Gasteiger partial charge in [-0.2, -0.15) is 0 Å². The Kier molecular flexibility index (Phi) is 4.89. The fourth-order valence-electron chi connectivity index (χ4n) is 0.385. The highest BCUT2D eigenvalue weighted by Gasteiger charge is 1.99. The van der Waals surface area contributed by atoms with Gasteiger partial charge in [0.05, 0.1) is 13.7 Å². The molecule has 0 saturated heterocycles. The number of hydrogen-bond donors (Lipinski definition) is 0. The molecule has 0 rings (SSSR count). The van der Waals surface area contributed by atoms with Crippen LogP contribution in [0.15, 0.2) is 0 Å². The van der Waals surface area contributed by atoms with Crippen LogP contribution in [0.4, 0.5) is 4.79 Å². The minimum absolute atomic E-state index is 0.155. The molecule has 0 spiro atoms. The van der Waals surface area contributed by atoms with Crippen molar-refractivity contribution in [1.29, 1.82) is 0 Å². The van der Waals surface area contributed by atoms with Gasteiger partial charge in [0.25, 0.3) is 0 Å². The van der Waals surface area contributed by atoms with Crippen LogP contribution in [0.2, 0.25) is 0 Å². The zero-order valence-electron chi connectivity index (χ0n) is 6.57. The SMILES string of the molecule is COC(=O)OCCN(C)C=O. The zero-order valence-corrected chi connectivity index (χ0v) is 6.57. The van der Waals surface area contributed by atoms with Gasteiger partial charge in [0.1, 0.15) is 6.61 Å². The molecule has 11 heavy (non-hydrogen) atoms. The van der Waals surface area contributed by atoms with E-state index in [2.05, 4.69) is 9.47 Å². The van der Waals surface area contributed by atoms with Crippen LogP contribution in [0, 0.1) is 0 Å². The standard InChI is InChI=1S/C6H11NO4/c1-7(5-8)3-4-11-6(9)10-2/h5H,3-4H2,1-2H3. The van der Waals surface area contributed by atoms with Crippen molar-refractivity contribution in [2.45, 2.75) is 0 Å². The van der Waals surface area contributed by atoms with Gasteiger partial charge in [-0.3, -0.25) is 4.79 Å². The Bertz CT molecular complexity index is 137. The Labute approximate surface area is 64.9 Å². The van der Waals surface area contributed by atoms with Crippen LogP contribution in [0.1, 0.15) is 0 Å². The Balaban J connectivity index is 3.26. The summed E-state index contributed by atoms with van der Waals surface area (Å²) in [4.78, 5) is 21.7. The van der Waals surface area contributed by atoms with E-state index in [9.17, 15) is 9.59 Å². The van der Waals surface area contributed by atoms with Crippen molar-refractivity contribution < 1.29 is 19.1 Å². The van der Waals surface area contributed by atoms with Crippen molar-refractivity contribution in [3.8, 4) is 0 Å². The third-order valence-electron chi connectivity index (χ3n) is 1.01. The van der Waals surface area contributed by atoms with Crippen molar-refractivity contribution >= 4 is 12.6 Å². The van der Waals surface area contributed by atoms with Gasteiger partial charge in [-0.15, -0.1) is 0 Å². The van der Waals surface area contributed by atoms with Gasteiger partial charge in [0.15, 0.2) is 0 Å². The predicted octanol–water partition coefficient (Wildman–Crippen LogP) is -0.142. The number of carbonyl (C=O) groups excluding carboxylic acids is 2. The summed E-state index contributed by atoms with van der Waals surface area (Å²) in [5, 5.41) is 0.